The number of hydrogen-bond donors (Lipinski definition) is 2. The van der Waals surface area contributed by atoms with Gasteiger partial charge in [-0.1, -0.05) is 18.2 Å². The molecule has 0 amide bonds. The van der Waals surface area contributed by atoms with Crippen LogP contribution in [0.25, 0.3) is 5.65 Å². The first-order chi connectivity index (χ1) is 10.3. The summed E-state index contributed by atoms with van der Waals surface area (Å²) >= 11 is 3.48. The van der Waals surface area contributed by atoms with E-state index in [9.17, 15) is 0 Å². The lowest BCUT2D eigenvalue weighted by atomic mass is 10.1. The minimum absolute atomic E-state index is 0.639. The van der Waals surface area contributed by atoms with Crippen LogP contribution >= 0.6 is 15.9 Å². The number of halogens is 1. The highest BCUT2D eigenvalue weighted by atomic mass is 79.9. The van der Waals surface area contributed by atoms with Crippen LogP contribution in [-0.4, -0.2) is 14.6 Å². The van der Waals surface area contributed by atoms with Crippen molar-refractivity contribution in [3.05, 3.63) is 57.7 Å². The Kier molecular flexibility index (Phi) is 3.12. The first-order valence-electron chi connectivity index (χ1n) is 6.86. The van der Waals surface area contributed by atoms with E-state index in [0.717, 1.165) is 29.8 Å². The van der Waals surface area contributed by atoms with E-state index in [2.05, 4.69) is 54.8 Å². The third-order valence-corrected chi connectivity index (χ3v) is 4.29. The molecule has 0 unspecified atom stereocenters. The Bertz CT molecular complexity index is 811. The van der Waals surface area contributed by atoms with Crippen molar-refractivity contribution in [1.29, 1.82) is 0 Å². The van der Waals surface area contributed by atoms with Gasteiger partial charge in [-0.25, -0.2) is 4.52 Å². The number of nitrogens with zero attached hydrogens (tertiary/aromatic N) is 3. The number of hydrogen-bond acceptors (Lipinski definition) is 4. The lowest BCUT2D eigenvalue weighted by Gasteiger charge is -2.04. The summed E-state index contributed by atoms with van der Waals surface area (Å²) in [7, 11) is 0. The van der Waals surface area contributed by atoms with Crippen LogP contribution < -0.4 is 10.6 Å². The quantitative estimate of drug-likeness (QED) is 0.767. The molecule has 1 aliphatic rings. The monoisotopic (exact) mass is 343 g/mol. The molecule has 1 aromatic carbocycles. The van der Waals surface area contributed by atoms with Crippen LogP contribution in [0.2, 0.25) is 0 Å². The number of rotatable bonds is 3. The van der Waals surface area contributed by atoms with Crippen molar-refractivity contribution in [2.24, 2.45) is 0 Å². The van der Waals surface area contributed by atoms with E-state index < -0.39 is 0 Å². The standard InChI is InChI=1S/C15H14BrN5/c16-13-2-1-5-21-14(13)19-15(20-21)18-7-10-3-4-11-8-17-9-12(11)6-10/h1-6,17H,7-9H2,(H,18,20). The number of nitrogens with one attached hydrogen (secondary N) is 2. The number of pyridine rings is 1. The summed E-state index contributed by atoms with van der Waals surface area (Å²) in [4.78, 5) is 4.48. The normalized spacial score (nSPS) is 13.6. The van der Waals surface area contributed by atoms with Gasteiger partial charge < -0.3 is 10.6 Å². The summed E-state index contributed by atoms with van der Waals surface area (Å²) in [5.74, 6) is 0.639. The fourth-order valence-corrected chi connectivity index (χ4v) is 3.01. The zero-order valence-corrected chi connectivity index (χ0v) is 12.9. The molecule has 0 spiro atoms. The van der Waals surface area contributed by atoms with Crippen LogP contribution in [0.5, 0.6) is 0 Å². The van der Waals surface area contributed by atoms with E-state index in [1.165, 1.54) is 16.7 Å². The van der Waals surface area contributed by atoms with Crippen molar-refractivity contribution in [2.75, 3.05) is 5.32 Å². The van der Waals surface area contributed by atoms with Gasteiger partial charge in [0.05, 0.1) is 4.47 Å². The van der Waals surface area contributed by atoms with E-state index >= 15 is 0 Å². The van der Waals surface area contributed by atoms with Gasteiger partial charge in [0, 0.05) is 25.8 Å². The highest BCUT2D eigenvalue weighted by Gasteiger charge is 2.10. The van der Waals surface area contributed by atoms with Gasteiger partial charge in [-0.3, -0.25) is 0 Å². The van der Waals surface area contributed by atoms with E-state index in [0.29, 0.717) is 5.95 Å². The highest BCUT2D eigenvalue weighted by Crippen LogP contribution is 2.19. The van der Waals surface area contributed by atoms with Crippen molar-refractivity contribution in [3.63, 3.8) is 0 Å². The second-order valence-corrected chi connectivity index (χ2v) is 5.97. The Labute approximate surface area is 130 Å². The van der Waals surface area contributed by atoms with Gasteiger partial charge >= 0.3 is 0 Å². The number of benzene rings is 1. The molecule has 2 N–H and O–H groups in total. The molecular weight excluding hydrogens is 330 g/mol. The fraction of sp³-hybridized carbons (Fsp3) is 0.200. The Morgan fingerprint density at radius 3 is 3.05 bits per heavy atom. The van der Waals surface area contributed by atoms with Crippen LogP contribution in [-0.2, 0) is 19.6 Å². The second kappa shape index (κ2) is 5.13. The average molecular weight is 344 g/mol. The molecule has 3 heterocycles. The van der Waals surface area contributed by atoms with E-state index in [4.69, 9.17) is 0 Å². The maximum absolute atomic E-state index is 4.48. The Hall–Kier alpha value is -1.92. The predicted octanol–water partition coefficient (Wildman–Crippen LogP) is 2.71. The molecule has 0 radical (unpaired) electrons. The molecular formula is C15H14BrN5. The average Bonchev–Trinajstić information content (AvgIpc) is 3.11. The minimum atomic E-state index is 0.639. The van der Waals surface area contributed by atoms with Crippen LogP contribution in [0.15, 0.2) is 41.0 Å². The molecule has 106 valence electrons. The molecule has 6 heteroatoms. The van der Waals surface area contributed by atoms with Crippen molar-refractivity contribution >= 4 is 27.5 Å². The summed E-state index contributed by atoms with van der Waals surface area (Å²) in [6.07, 6.45) is 1.89. The summed E-state index contributed by atoms with van der Waals surface area (Å²) in [6, 6.07) is 10.5. The fourth-order valence-electron chi connectivity index (χ4n) is 2.59. The Balaban J connectivity index is 1.54. The van der Waals surface area contributed by atoms with Crippen molar-refractivity contribution in [2.45, 2.75) is 19.6 Å². The van der Waals surface area contributed by atoms with Gasteiger partial charge in [-0.2, -0.15) is 4.98 Å². The van der Waals surface area contributed by atoms with Gasteiger partial charge in [-0.05, 0) is 44.8 Å². The molecule has 0 saturated heterocycles. The third kappa shape index (κ3) is 2.41. The van der Waals surface area contributed by atoms with Gasteiger partial charge in [-0.15, -0.1) is 5.10 Å². The summed E-state index contributed by atoms with van der Waals surface area (Å²) < 4.78 is 2.70. The first-order valence-corrected chi connectivity index (χ1v) is 7.65. The van der Waals surface area contributed by atoms with Gasteiger partial charge in [0.1, 0.15) is 0 Å². The van der Waals surface area contributed by atoms with Gasteiger partial charge in [0.15, 0.2) is 5.65 Å². The lowest BCUT2D eigenvalue weighted by Crippen LogP contribution is -2.02. The largest absolute Gasteiger partial charge is 0.349 e. The second-order valence-electron chi connectivity index (χ2n) is 5.12. The third-order valence-electron chi connectivity index (χ3n) is 3.67. The minimum Gasteiger partial charge on any atom is -0.349 e. The van der Waals surface area contributed by atoms with E-state index in [1.54, 1.807) is 4.52 Å². The molecule has 0 aliphatic carbocycles. The maximum atomic E-state index is 4.48. The van der Waals surface area contributed by atoms with Gasteiger partial charge in [0.2, 0.25) is 5.95 Å². The SMILES string of the molecule is Brc1cccn2nc(NCc3ccc4c(c3)CNC4)nc12. The van der Waals surface area contributed by atoms with E-state index in [-0.39, 0.29) is 0 Å². The van der Waals surface area contributed by atoms with Crippen LogP contribution in [0.3, 0.4) is 0 Å². The molecule has 5 nitrogen and oxygen atoms in total. The van der Waals surface area contributed by atoms with Gasteiger partial charge in [0.25, 0.3) is 0 Å². The molecule has 3 aromatic rings. The predicted molar refractivity (Wildman–Crippen MR) is 85.0 cm³/mol. The van der Waals surface area contributed by atoms with Crippen LogP contribution in [0.1, 0.15) is 16.7 Å². The number of anilines is 1. The molecule has 2 aromatic heterocycles. The Morgan fingerprint density at radius 2 is 2.14 bits per heavy atom. The molecule has 1 aliphatic heterocycles. The summed E-state index contributed by atoms with van der Waals surface area (Å²) in [5.41, 5.74) is 4.85. The van der Waals surface area contributed by atoms with E-state index in [1.807, 2.05) is 18.3 Å². The molecule has 4 rings (SSSR count). The summed E-state index contributed by atoms with van der Waals surface area (Å²) in [6.45, 7) is 2.66. The van der Waals surface area contributed by atoms with Crippen LogP contribution in [0, 0.1) is 0 Å². The number of fused-ring (bicyclic) bond motifs is 2. The van der Waals surface area contributed by atoms with Crippen LogP contribution in [0.4, 0.5) is 5.95 Å². The molecule has 0 fully saturated rings. The van der Waals surface area contributed by atoms with Crippen molar-refractivity contribution in [3.8, 4) is 0 Å². The molecule has 0 saturated carbocycles. The Morgan fingerprint density at radius 1 is 1.24 bits per heavy atom. The lowest BCUT2D eigenvalue weighted by molar-refractivity contribution is 0.764. The maximum Gasteiger partial charge on any atom is 0.243 e. The zero-order chi connectivity index (χ0) is 14.2. The zero-order valence-electron chi connectivity index (χ0n) is 11.3. The molecule has 21 heavy (non-hydrogen) atoms. The molecule has 0 atom stereocenters. The smallest absolute Gasteiger partial charge is 0.243 e. The van der Waals surface area contributed by atoms with Crippen molar-refractivity contribution < 1.29 is 0 Å². The van der Waals surface area contributed by atoms with Crippen molar-refractivity contribution in [1.82, 2.24) is 19.9 Å². The highest BCUT2D eigenvalue weighted by molar-refractivity contribution is 9.10. The molecule has 0 bridgehead atoms. The number of aromatic nitrogens is 3. The topological polar surface area (TPSA) is 54.2 Å². The first kappa shape index (κ1) is 12.8. The summed E-state index contributed by atoms with van der Waals surface area (Å²) in [5, 5.41) is 11.1.